The van der Waals surface area contributed by atoms with Crippen LogP contribution in [0.2, 0.25) is 0 Å². The number of Topliss-reactive ketones (excluding diaryl/α,β-unsaturated/α-hetero) is 1. The highest BCUT2D eigenvalue weighted by Crippen LogP contribution is 2.19. The van der Waals surface area contributed by atoms with E-state index in [1.165, 1.54) is 4.90 Å². The fourth-order valence-electron chi connectivity index (χ4n) is 1.58. The van der Waals surface area contributed by atoms with Crippen LogP contribution in [0.3, 0.4) is 0 Å². The third kappa shape index (κ3) is 3.27. The number of ether oxygens (including phenoxy) is 1. The van der Waals surface area contributed by atoms with Gasteiger partial charge in [-0.3, -0.25) is 4.79 Å². The lowest BCUT2D eigenvalue weighted by atomic mass is 10.0. The molecule has 4 nitrogen and oxygen atoms in total. The second-order valence-corrected chi connectivity index (χ2v) is 4.92. The molecule has 0 N–H and O–H groups in total. The average molecular weight is 223 g/mol. The molecule has 0 aromatic heterocycles. The minimum Gasteiger partial charge on any atom is -0.444 e. The van der Waals surface area contributed by atoms with Crippen molar-refractivity contribution in [3.8, 4) is 12.3 Å². The lowest BCUT2D eigenvalue weighted by molar-refractivity contribution is -0.116. The van der Waals surface area contributed by atoms with Crippen molar-refractivity contribution in [2.24, 2.45) is 5.92 Å². The van der Waals surface area contributed by atoms with Crippen molar-refractivity contribution in [3.05, 3.63) is 0 Å². The number of hydrogen-bond donors (Lipinski definition) is 0. The van der Waals surface area contributed by atoms with E-state index in [2.05, 4.69) is 5.92 Å². The smallest absolute Gasteiger partial charge is 0.410 e. The maximum atomic E-state index is 11.7. The van der Waals surface area contributed by atoms with Crippen LogP contribution in [0.5, 0.6) is 0 Å². The molecule has 1 heterocycles. The zero-order chi connectivity index (χ0) is 12.3. The Morgan fingerprint density at radius 1 is 1.44 bits per heavy atom. The summed E-state index contributed by atoms with van der Waals surface area (Å²) in [6.07, 6.45) is 5.29. The monoisotopic (exact) mass is 223 g/mol. The van der Waals surface area contributed by atoms with Gasteiger partial charge in [-0.25, -0.2) is 4.79 Å². The van der Waals surface area contributed by atoms with E-state index in [0.29, 0.717) is 19.5 Å². The summed E-state index contributed by atoms with van der Waals surface area (Å²) in [6, 6.07) is 0. The molecule has 1 saturated heterocycles. The summed E-state index contributed by atoms with van der Waals surface area (Å²) in [6.45, 7) is 6.34. The van der Waals surface area contributed by atoms with Gasteiger partial charge in [-0.05, 0) is 33.1 Å². The van der Waals surface area contributed by atoms with E-state index >= 15 is 0 Å². The fourth-order valence-corrected chi connectivity index (χ4v) is 1.58. The molecule has 1 rings (SSSR count). The average Bonchev–Trinajstić information content (AvgIpc) is 2.62. The molecule has 1 aliphatic heterocycles. The maximum absolute atomic E-state index is 11.7. The molecule has 1 aliphatic rings. The quantitative estimate of drug-likeness (QED) is 0.499. The summed E-state index contributed by atoms with van der Waals surface area (Å²) < 4.78 is 5.21. The lowest BCUT2D eigenvalue weighted by Gasteiger charge is -2.24. The highest BCUT2D eigenvalue weighted by Gasteiger charge is 2.32. The number of carbonyl (C=O) groups is 2. The first-order valence-electron chi connectivity index (χ1n) is 5.32. The normalized spacial score (nSPS) is 20.4. The number of rotatable bonds is 1. The van der Waals surface area contributed by atoms with Crippen LogP contribution in [0.4, 0.5) is 4.79 Å². The summed E-state index contributed by atoms with van der Waals surface area (Å²) >= 11 is 0. The molecule has 1 atom stereocenters. The molecule has 0 bridgehead atoms. The molecule has 0 spiro atoms. The molecule has 4 heteroatoms. The predicted molar refractivity (Wildman–Crippen MR) is 59.8 cm³/mol. The van der Waals surface area contributed by atoms with Crippen molar-refractivity contribution in [2.75, 3.05) is 13.1 Å². The molecule has 1 fully saturated rings. The van der Waals surface area contributed by atoms with Gasteiger partial charge >= 0.3 is 6.09 Å². The van der Waals surface area contributed by atoms with Crippen LogP contribution in [0.15, 0.2) is 0 Å². The maximum Gasteiger partial charge on any atom is 0.410 e. The molecule has 0 aliphatic carbocycles. The van der Waals surface area contributed by atoms with E-state index < -0.39 is 5.60 Å². The molecule has 0 aromatic carbocycles. The summed E-state index contributed by atoms with van der Waals surface area (Å²) in [7, 11) is 0. The van der Waals surface area contributed by atoms with Crippen LogP contribution in [0.1, 0.15) is 27.2 Å². The Hall–Kier alpha value is -1.50. The van der Waals surface area contributed by atoms with E-state index in [4.69, 9.17) is 11.2 Å². The van der Waals surface area contributed by atoms with Crippen molar-refractivity contribution in [3.63, 3.8) is 0 Å². The molecular formula is C12H17NO3. The Balaban J connectivity index is 2.51. The third-order valence-electron chi connectivity index (χ3n) is 2.35. The highest BCUT2D eigenvalue weighted by atomic mass is 16.6. The van der Waals surface area contributed by atoms with Crippen LogP contribution in [0, 0.1) is 18.3 Å². The van der Waals surface area contributed by atoms with E-state index in [0.717, 1.165) is 0 Å². The van der Waals surface area contributed by atoms with Crippen molar-refractivity contribution < 1.29 is 14.3 Å². The molecule has 0 radical (unpaired) electrons. The number of hydrogen-bond acceptors (Lipinski definition) is 3. The summed E-state index contributed by atoms with van der Waals surface area (Å²) in [5, 5.41) is 0. The molecular weight excluding hydrogens is 206 g/mol. The first-order valence-corrected chi connectivity index (χ1v) is 5.32. The Labute approximate surface area is 95.9 Å². The zero-order valence-corrected chi connectivity index (χ0v) is 9.95. The standard InChI is InChI=1S/C12H17NO3/c1-5-10(14)9-6-7-13(8-9)11(15)16-12(2,3)4/h1,9H,6-8H2,2-4H3/t9-/m0/s1. The minimum absolute atomic E-state index is 0.225. The fraction of sp³-hybridized carbons (Fsp3) is 0.667. The van der Waals surface area contributed by atoms with Gasteiger partial charge in [0.25, 0.3) is 0 Å². The molecule has 0 aromatic rings. The summed E-state index contributed by atoms with van der Waals surface area (Å²) in [5.41, 5.74) is -0.509. The van der Waals surface area contributed by atoms with Gasteiger partial charge in [-0.15, -0.1) is 6.42 Å². The lowest BCUT2D eigenvalue weighted by Crippen LogP contribution is -2.35. The van der Waals surface area contributed by atoms with Gasteiger partial charge in [0, 0.05) is 19.0 Å². The molecule has 88 valence electrons. The number of nitrogens with zero attached hydrogens (tertiary/aromatic N) is 1. The zero-order valence-electron chi connectivity index (χ0n) is 9.95. The van der Waals surface area contributed by atoms with E-state index in [-0.39, 0.29) is 17.8 Å². The summed E-state index contributed by atoms with van der Waals surface area (Å²) in [5.74, 6) is 1.64. The Morgan fingerprint density at radius 3 is 2.56 bits per heavy atom. The largest absolute Gasteiger partial charge is 0.444 e. The van der Waals surface area contributed by atoms with Gasteiger partial charge in [0.2, 0.25) is 5.78 Å². The Morgan fingerprint density at radius 2 is 2.06 bits per heavy atom. The van der Waals surface area contributed by atoms with E-state index in [9.17, 15) is 9.59 Å². The summed E-state index contributed by atoms with van der Waals surface area (Å²) in [4.78, 5) is 24.4. The first kappa shape index (κ1) is 12.6. The predicted octanol–water partition coefficient (Wildman–Crippen LogP) is 1.45. The van der Waals surface area contributed by atoms with Crippen LogP contribution >= 0.6 is 0 Å². The Bertz CT molecular complexity index is 335. The highest BCUT2D eigenvalue weighted by molar-refractivity contribution is 5.97. The molecule has 0 unspecified atom stereocenters. The molecule has 0 saturated carbocycles. The van der Waals surface area contributed by atoms with Gasteiger partial charge in [-0.1, -0.05) is 0 Å². The SMILES string of the molecule is C#CC(=O)[C@H]1CCN(C(=O)OC(C)(C)C)C1. The van der Waals surface area contributed by atoms with Crippen LogP contribution < -0.4 is 0 Å². The van der Waals surface area contributed by atoms with Crippen molar-refractivity contribution >= 4 is 11.9 Å². The van der Waals surface area contributed by atoms with E-state index in [1.54, 1.807) is 0 Å². The topological polar surface area (TPSA) is 46.6 Å². The van der Waals surface area contributed by atoms with Crippen molar-refractivity contribution in [1.82, 2.24) is 4.90 Å². The van der Waals surface area contributed by atoms with Crippen molar-refractivity contribution in [2.45, 2.75) is 32.8 Å². The number of carbonyl (C=O) groups excluding carboxylic acids is 2. The van der Waals surface area contributed by atoms with Crippen LogP contribution in [-0.2, 0) is 9.53 Å². The Kier molecular flexibility index (Phi) is 3.58. The number of terminal acetylenes is 1. The van der Waals surface area contributed by atoms with Crippen LogP contribution in [0.25, 0.3) is 0 Å². The number of amides is 1. The van der Waals surface area contributed by atoms with Gasteiger partial charge in [0.15, 0.2) is 0 Å². The van der Waals surface area contributed by atoms with Crippen LogP contribution in [-0.4, -0.2) is 35.5 Å². The third-order valence-corrected chi connectivity index (χ3v) is 2.35. The first-order chi connectivity index (χ1) is 7.33. The molecule has 16 heavy (non-hydrogen) atoms. The number of likely N-dealkylation sites (tertiary alicyclic amines) is 1. The number of ketones is 1. The van der Waals surface area contributed by atoms with Gasteiger partial charge in [0.05, 0.1) is 0 Å². The van der Waals surface area contributed by atoms with Gasteiger partial charge in [-0.2, -0.15) is 0 Å². The van der Waals surface area contributed by atoms with Gasteiger partial charge in [0.1, 0.15) is 5.60 Å². The second kappa shape index (κ2) is 4.56. The minimum atomic E-state index is -0.509. The van der Waals surface area contributed by atoms with Crippen molar-refractivity contribution in [1.29, 1.82) is 0 Å². The van der Waals surface area contributed by atoms with E-state index in [1.807, 2.05) is 20.8 Å². The second-order valence-electron chi connectivity index (χ2n) is 4.92. The van der Waals surface area contributed by atoms with Gasteiger partial charge < -0.3 is 9.64 Å². The molecule has 1 amide bonds.